The minimum atomic E-state index is 0.310. The fourth-order valence-corrected chi connectivity index (χ4v) is 2.74. The summed E-state index contributed by atoms with van der Waals surface area (Å²) in [5, 5.41) is 0. The van der Waals surface area contributed by atoms with Crippen LogP contribution in [0, 0.1) is 6.92 Å². The number of ether oxygens (including phenoxy) is 1. The van der Waals surface area contributed by atoms with Crippen molar-refractivity contribution in [2.24, 2.45) is 5.73 Å². The molecule has 2 unspecified atom stereocenters. The third kappa shape index (κ3) is 3.31. The Balaban J connectivity index is 1.98. The van der Waals surface area contributed by atoms with E-state index in [1.54, 1.807) is 0 Å². The predicted molar refractivity (Wildman–Crippen MR) is 74.5 cm³/mol. The van der Waals surface area contributed by atoms with Crippen LogP contribution in [0.5, 0.6) is 0 Å². The molecule has 1 aromatic carbocycles. The first-order valence-corrected chi connectivity index (χ1v) is 6.78. The second-order valence-corrected chi connectivity index (χ2v) is 5.26. The summed E-state index contributed by atoms with van der Waals surface area (Å²) in [6.07, 6.45) is 2.62. The van der Waals surface area contributed by atoms with E-state index in [1.165, 1.54) is 17.5 Å². The van der Waals surface area contributed by atoms with E-state index in [-0.39, 0.29) is 0 Å². The molecule has 1 fully saturated rings. The molecule has 2 N–H and O–H groups in total. The lowest BCUT2D eigenvalue weighted by atomic mass is 10.1. The summed E-state index contributed by atoms with van der Waals surface area (Å²) < 4.78 is 5.77. The van der Waals surface area contributed by atoms with Crippen LogP contribution in [-0.4, -0.2) is 37.2 Å². The number of nitrogens with two attached hydrogens (primary N) is 1. The molecule has 2 rings (SSSR count). The Morgan fingerprint density at radius 3 is 2.94 bits per heavy atom. The molecule has 3 heteroatoms. The van der Waals surface area contributed by atoms with Crippen LogP contribution in [0.15, 0.2) is 24.3 Å². The number of aryl methyl sites for hydroxylation is 1. The summed E-state index contributed by atoms with van der Waals surface area (Å²) in [7, 11) is 2.14. The minimum absolute atomic E-state index is 0.310. The molecule has 2 atom stereocenters. The average molecular weight is 248 g/mol. The zero-order valence-electron chi connectivity index (χ0n) is 11.4. The predicted octanol–water partition coefficient (Wildman–Crippen LogP) is 1.93. The number of likely N-dealkylation sites (N-methyl/N-ethyl adjacent to an activating group) is 1. The maximum absolute atomic E-state index is 5.92. The highest BCUT2D eigenvalue weighted by molar-refractivity contribution is 5.22. The molecule has 0 aliphatic carbocycles. The Labute approximate surface area is 110 Å². The number of hydrogen-bond acceptors (Lipinski definition) is 3. The van der Waals surface area contributed by atoms with Gasteiger partial charge in [-0.05, 0) is 32.4 Å². The van der Waals surface area contributed by atoms with Gasteiger partial charge in [-0.1, -0.05) is 29.8 Å². The Morgan fingerprint density at radius 1 is 1.50 bits per heavy atom. The Morgan fingerprint density at radius 2 is 2.33 bits per heavy atom. The van der Waals surface area contributed by atoms with Crippen LogP contribution in [0.1, 0.15) is 24.0 Å². The van der Waals surface area contributed by atoms with E-state index in [1.807, 2.05) is 0 Å². The van der Waals surface area contributed by atoms with E-state index in [2.05, 4.69) is 43.1 Å². The molecule has 0 bridgehead atoms. The quantitative estimate of drug-likeness (QED) is 0.865. The smallest absolute Gasteiger partial charge is 0.0743 e. The van der Waals surface area contributed by atoms with Gasteiger partial charge in [0.25, 0.3) is 0 Å². The van der Waals surface area contributed by atoms with E-state index < -0.39 is 0 Å². The van der Waals surface area contributed by atoms with Crippen molar-refractivity contribution < 1.29 is 4.74 Å². The van der Waals surface area contributed by atoms with Crippen molar-refractivity contribution >= 4 is 0 Å². The van der Waals surface area contributed by atoms with Crippen molar-refractivity contribution in [1.29, 1.82) is 0 Å². The zero-order chi connectivity index (χ0) is 13.0. The van der Waals surface area contributed by atoms with Crippen molar-refractivity contribution in [1.82, 2.24) is 4.90 Å². The van der Waals surface area contributed by atoms with Crippen molar-refractivity contribution in [3.8, 4) is 0 Å². The number of benzene rings is 1. The van der Waals surface area contributed by atoms with Crippen molar-refractivity contribution in [3.63, 3.8) is 0 Å². The molecular weight excluding hydrogens is 224 g/mol. The van der Waals surface area contributed by atoms with Crippen LogP contribution in [0.4, 0.5) is 0 Å². The van der Waals surface area contributed by atoms with Gasteiger partial charge in [-0.25, -0.2) is 0 Å². The molecule has 1 aliphatic rings. The summed E-state index contributed by atoms with van der Waals surface area (Å²) >= 11 is 0. The lowest BCUT2D eigenvalue weighted by molar-refractivity contribution is 0.0347. The lowest BCUT2D eigenvalue weighted by Gasteiger charge is -2.31. The molecule has 1 aliphatic heterocycles. The van der Waals surface area contributed by atoms with Crippen LogP contribution in [0.2, 0.25) is 0 Å². The van der Waals surface area contributed by atoms with E-state index in [4.69, 9.17) is 10.5 Å². The van der Waals surface area contributed by atoms with Gasteiger partial charge < -0.3 is 10.5 Å². The summed E-state index contributed by atoms with van der Waals surface area (Å²) in [5.41, 5.74) is 8.56. The summed E-state index contributed by atoms with van der Waals surface area (Å²) in [4.78, 5) is 2.32. The largest absolute Gasteiger partial charge is 0.377 e. The second kappa shape index (κ2) is 6.32. The molecule has 1 aromatic rings. The molecule has 100 valence electrons. The van der Waals surface area contributed by atoms with Crippen LogP contribution in [0.3, 0.4) is 0 Å². The molecule has 3 nitrogen and oxygen atoms in total. The summed E-state index contributed by atoms with van der Waals surface area (Å²) in [5.74, 6) is 0. The Kier molecular flexibility index (Phi) is 4.75. The van der Waals surface area contributed by atoms with Gasteiger partial charge in [-0.2, -0.15) is 0 Å². The fraction of sp³-hybridized carbons (Fsp3) is 0.600. The van der Waals surface area contributed by atoms with Gasteiger partial charge in [0, 0.05) is 25.7 Å². The number of nitrogens with zero attached hydrogens (tertiary/aromatic N) is 1. The summed E-state index contributed by atoms with van der Waals surface area (Å²) in [6, 6.07) is 8.98. The molecule has 0 radical (unpaired) electrons. The maximum atomic E-state index is 5.92. The number of rotatable bonds is 5. The third-order valence-electron chi connectivity index (χ3n) is 3.72. The van der Waals surface area contributed by atoms with Crippen molar-refractivity contribution in [2.45, 2.75) is 38.5 Å². The van der Waals surface area contributed by atoms with Crippen LogP contribution in [0.25, 0.3) is 0 Å². The van der Waals surface area contributed by atoms with Gasteiger partial charge in [0.2, 0.25) is 0 Å². The highest BCUT2D eigenvalue weighted by Crippen LogP contribution is 2.20. The zero-order valence-corrected chi connectivity index (χ0v) is 11.4. The molecule has 0 spiro atoms. The highest BCUT2D eigenvalue weighted by atomic mass is 16.5. The molecule has 0 saturated carbocycles. The van der Waals surface area contributed by atoms with Crippen LogP contribution >= 0.6 is 0 Å². The lowest BCUT2D eigenvalue weighted by Crippen LogP contribution is -2.45. The molecule has 18 heavy (non-hydrogen) atoms. The van der Waals surface area contributed by atoms with Gasteiger partial charge in [0.15, 0.2) is 0 Å². The number of hydrogen-bond donors (Lipinski definition) is 1. The van der Waals surface area contributed by atoms with Crippen LogP contribution in [-0.2, 0) is 11.3 Å². The molecule has 0 aromatic heterocycles. The molecular formula is C15H24N2O. The Hall–Kier alpha value is -0.900. The molecule has 1 heterocycles. The van der Waals surface area contributed by atoms with Crippen molar-refractivity contribution in [2.75, 3.05) is 20.2 Å². The van der Waals surface area contributed by atoms with E-state index in [9.17, 15) is 0 Å². The van der Waals surface area contributed by atoms with E-state index in [0.29, 0.717) is 18.7 Å². The Bertz CT molecular complexity index is 375. The maximum Gasteiger partial charge on any atom is 0.0743 e. The molecule has 0 amide bonds. The second-order valence-electron chi connectivity index (χ2n) is 5.26. The van der Waals surface area contributed by atoms with Gasteiger partial charge in [-0.3, -0.25) is 4.90 Å². The fourth-order valence-electron chi connectivity index (χ4n) is 2.74. The first-order chi connectivity index (χ1) is 8.70. The first kappa shape index (κ1) is 13.5. The van der Waals surface area contributed by atoms with Gasteiger partial charge in [0.05, 0.1) is 6.10 Å². The minimum Gasteiger partial charge on any atom is -0.377 e. The van der Waals surface area contributed by atoms with Crippen LogP contribution < -0.4 is 5.73 Å². The first-order valence-electron chi connectivity index (χ1n) is 6.78. The van der Waals surface area contributed by atoms with E-state index in [0.717, 1.165) is 19.6 Å². The SMILES string of the molecule is Cc1cccc(CN(C)C(CN)C2CCCO2)c1. The monoisotopic (exact) mass is 248 g/mol. The summed E-state index contributed by atoms with van der Waals surface area (Å²) in [6.45, 7) is 4.61. The highest BCUT2D eigenvalue weighted by Gasteiger charge is 2.27. The topological polar surface area (TPSA) is 38.5 Å². The van der Waals surface area contributed by atoms with Gasteiger partial charge in [-0.15, -0.1) is 0 Å². The van der Waals surface area contributed by atoms with E-state index >= 15 is 0 Å². The van der Waals surface area contributed by atoms with Gasteiger partial charge >= 0.3 is 0 Å². The third-order valence-corrected chi connectivity index (χ3v) is 3.72. The molecule has 1 saturated heterocycles. The standard InChI is InChI=1S/C15H24N2O/c1-12-5-3-6-13(9-12)11-17(2)14(10-16)15-7-4-8-18-15/h3,5-6,9,14-15H,4,7-8,10-11,16H2,1-2H3. The van der Waals surface area contributed by atoms with Crippen molar-refractivity contribution in [3.05, 3.63) is 35.4 Å². The average Bonchev–Trinajstić information content (AvgIpc) is 2.83. The van der Waals surface area contributed by atoms with Gasteiger partial charge in [0.1, 0.15) is 0 Å². The normalized spacial score (nSPS) is 21.4.